The van der Waals surface area contributed by atoms with Gasteiger partial charge in [-0.05, 0) is 43.2 Å². The first-order chi connectivity index (χ1) is 12.9. The Kier molecular flexibility index (Phi) is 6.07. The fourth-order valence-electron chi connectivity index (χ4n) is 3.25. The molecule has 7 heteroatoms. The smallest absolute Gasteiger partial charge is 0.254 e. The highest BCUT2D eigenvalue weighted by Gasteiger charge is 2.35. The molecule has 2 aromatic carbocycles. The summed E-state index contributed by atoms with van der Waals surface area (Å²) < 4.78 is 29.4. The van der Waals surface area contributed by atoms with Crippen molar-refractivity contribution in [3.63, 3.8) is 0 Å². The summed E-state index contributed by atoms with van der Waals surface area (Å²) in [5.74, 6) is 0.468. The standard InChI is InChI=1S/C20H22ClNO4S/c1-2-26-18-8-5-7-15(12-18)20(23)22(17-10-11-27(24,25)14-17)13-16-6-3-4-9-19(16)21/h3-9,12,17H,2,10-11,13-14H2,1H3/t17-/m1/s1. The van der Waals surface area contributed by atoms with E-state index in [0.29, 0.717) is 29.4 Å². The predicted octanol–water partition coefficient (Wildman–Crippen LogP) is 3.57. The third-order valence-corrected chi connectivity index (χ3v) is 6.72. The molecule has 1 aliphatic heterocycles. The van der Waals surface area contributed by atoms with Gasteiger partial charge in [0.25, 0.3) is 5.91 Å². The Morgan fingerprint density at radius 2 is 2.00 bits per heavy atom. The van der Waals surface area contributed by atoms with Crippen LogP contribution in [-0.2, 0) is 16.4 Å². The van der Waals surface area contributed by atoms with Crippen molar-refractivity contribution in [1.82, 2.24) is 4.90 Å². The second-order valence-corrected chi connectivity index (χ2v) is 9.18. The Hall–Kier alpha value is -2.05. The van der Waals surface area contributed by atoms with Crippen LogP contribution in [-0.4, -0.2) is 43.4 Å². The molecule has 0 bridgehead atoms. The molecule has 1 amide bonds. The molecule has 0 radical (unpaired) electrons. The summed E-state index contributed by atoms with van der Waals surface area (Å²) in [5.41, 5.74) is 1.26. The number of amides is 1. The molecular formula is C20H22ClNO4S. The summed E-state index contributed by atoms with van der Waals surface area (Å²) in [4.78, 5) is 14.9. The third-order valence-electron chi connectivity index (χ3n) is 4.60. The van der Waals surface area contributed by atoms with Crippen molar-refractivity contribution in [3.8, 4) is 5.75 Å². The normalized spacial score (nSPS) is 18.2. The highest BCUT2D eigenvalue weighted by atomic mass is 35.5. The van der Waals surface area contributed by atoms with Crippen molar-refractivity contribution in [2.75, 3.05) is 18.1 Å². The molecule has 1 atom stereocenters. The maximum absolute atomic E-state index is 13.2. The van der Waals surface area contributed by atoms with Gasteiger partial charge >= 0.3 is 0 Å². The van der Waals surface area contributed by atoms with Gasteiger partial charge in [-0.1, -0.05) is 35.9 Å². The molecule has 3 rings (SSSR count). The van der Waals surface area contributed by atoms with Gasteiger partial charge in [0, 0.05) is 23.2 Å². The molecule has 0 saturated carbocycles. The van der Waals surface area contributed by atoms with Gasteiger partial charge in [-0.15, -0.1) is 0 Å². The summed E-state index contributed by atoms with van der Waals surface area (Å²) in [6.07, 6.45) is 0.434. The number of hydrogen-bond donors (Lipinski definition) is 0. The molecule has 1 fully saturated rings. The van der Waals surface area contributed by atoms with Crippen molar-refractivity contribution in [2.24, 2.45) is 0 Å². The number of rotatable bonds is 6. The van der Waals surface area contributed by atoms with Crippen LogP contribution in [0.2, 0.25) is 5.02 Å². The summed E-state index contributed by atoms with van der Waals surface area (Å²) in [5, 5.41) is 0.555. The quantitative estimate of drug-likeness (QED) is 0.734. The van der Waals surface area contributed by atoms with Gasteiger partial charge < -0.3 is 9.64 Å². The van der Waals surface area contributed by atoms with E-state index < -0.39 is 9.84 Å². The van der Waals surface area contributed by atoms with E-state index in [1.54, 1.807) is 35.2 Å². The number of hydrogen-bond acceptors (Lipinski definition) is 4. The molecule has 0 aromatic heterocycles. The number of ether oxygens (including phenoxy) is 1. The molecule has 144 valence electrons. The third kappa shape index (κ3) is 4.82. The van der Waals surface area contributed by atoms with Crippen LogP contribution in [0, 0.1) is 0 Å². The summed E-state index contributed by atoms with van der Waals surface area (Å²) >= 11 is 6.27. The zero-order valence-electron chi connectivity index (χ0n) is 15.1. The van der Waals surface area contributed by atoms with Crippen LogP contribution < -0.4 is 4.74 Å². The Bertz CT molecular complexity index is 929. The van der Waals surface area contributed by atoms with E-state index in [0.717, 1.165) is 5.56 Å². The average Bonchev–Trinajstić information content (AvgIpc) is 3.00. The predicted molar refractivity (Wildman–Crippen MR) is 106 cm³/mol. The lowest BCUT2D eigenvalue weighted by Crippen LogP contribution is -2.40. The molecule has 27 heavy (non-hydrogen) atoms. The minimum atomic E-state index is -3.13. The maximum atomic E-state index is 13.2. The molecule has 2 aromatic rings. The van der Waals surface area contributed by atoms with E-state index >= 15 is 0 Å². The average molecular weight is 408 g/mol. The molecular weight excluding hydrogens is 386 g/mol. The van der Waals surface area contributed by atoms with E-state index in [1.807, 2.05) is 25.1 Å². The first kappa shape index (κ1) is 19.7. The van der Waals surface area contributed by atoms with Crippen molar-refractivity contribution >= 4 is 27.3 Å². The lowest BCUT2D eigenvalue weighted by atomic mass is 10.1. The molecule has 1 saturated heterocycles. The van der Waals surface area contributed by atoms with Gasteiger partial charge in [-0.3, -0.25) is 4.79 Å². The minimum absolute atomic E-state index is 0.0195. The Balaban J connectivity index is 1.92. The Morgan fingerprint density at radius 1 is 1.22 bits per heavy atom. The van der Waals surface area contributed by atoms with Crippen LogP contribution in [0.3, 0.4) is 0 Å². The van der Waals surface area contributed by atoms with E-state index in [-0.39, 0.29) is 30.0 Å². The minimum Gasteiger partial charge on any atom is -0.494 e. The molecule has 1 aliphatic rings. The van der Waals surface area contributed by atoms with Crippen LogP contribution in [0.5, 0.6) is 5.75 Å². The van der Waals surface area contributed by atoms with Gasteiger partial charge in [-0.25, -0.2) is 8.42 Å². The first-order valence-corrected chi connectivity index (χ1v) is 11.1. The van der Waals surface area contributed by atoms with Crippen molar-refractivity contribution in [1.29, 1.82) is 0 Å². The molecule has 0 aliphatic carbocycles. The zero-order valence-corrected chi connectivity index (χ0v) is 16.7. The topological polar surface area (TPSA) is 63.7 Å². The molecule has 0 unspecified atom stereocenters. The SMILES string of the molecule is CCOc1cccc(C(=O)N(Cc2ccccc2Cl)[C@@H]2CCS(=O)(=O)C2)c1. The van der Waals surface area contributed by atoms with E-state index in [9.17, 15) is 13.2 Å². The number of sulfone groups is 1. The van der Waals surface area contributed by atoms with Crippen LogP contribution in [0.25, 0.3) is 0 Å². The van der Waals surface area contributed by atoms with Gasteiger partial charge in [0.2, 0.25) is 0 Å². The Labute approximate surface area is 164 Å². The van der Waals surface area contributed by atoms with Crippen molar-refractivity contribution in [2.45, 2.75) is 25.9 Å². The largest absolute Gasteiger partial charge is 0.494 e. The molecule has 0 N–H and O–H groups in total. The fraction of sp³-hybridized carbons (Fsp3) is 0.350. The second-order valence-electron chi connectivity index (χ2n) is 6.54. The number of halogens is 1. The maximum Gasteiger partial charge on any atom is 0.254 e. The fourth-order valence-corrected chi connectivity index (χ4v) is 5.18. The van der Waals surface area contributed by atoms with Gasteiger partial charge in [0.05, 0.1) is 18.1 Å². The Morgan fingerprint density at radius 3 is 2.67 bits per heavy atom. The number of carbonyl (C=O) groups is 1. The van der Waals surface area contributed by atoms with Crippen molar-refractivity contribution < 1.29 is 17.9 Å². The highest BCUT2D eigenvalue weighted by Crippen LogP contribution is 2.26. The molecule has 5 nitrogen and oxygen atoms in total. The van der Waals surface area contributed by atoms with Crippen LogP contribution >= 0.6 is 11.6 Å². The lowest BCUT2D eigenvalue weighted by molar-refractivity contribution is 0.0680. The first-order valence-electron chi connectivity index (χ1n) is 8.87. The number of benzene rings is 2. The van der Waals surface area contributed by atoms with Crippen molar-refractivity contribution in [3.05, 3.63) is 64.7 Å². The number of carbonyl (C=O) groups excluding carboxylic acids is 1. The lowest BCUT2D eigenvalue weighted by Gasteiger charge is -2.29. The summed E-state index contributed by atoms with van der Waals surface area (Å²) in [6.45, 7) is 2.64. The monoisotopic (exact) mass is 407 g/mol. The van der Waals surface area contributed by atoms with Gasteiger partial charge in [-0.2, -0.15) is 0 Å². The molecule has 0 spiro atoms. The summed E-state index contributed by atoms with van der Waals surface area (Å²) in [7, 11) is -3.13. The molecule has 1 heterocycles. The van der Waals surface area contributed by atoms with Crippen LogP contribution in [0.4, 0.5) is 0 Å². The highest BCUT2D eigenvalue weighted by molar-refractivity contribution is 7.91. The van der Waals surface area contributed by atoms with Gasteiger partial charge in [0.15, 0.2) is 9.84 Å². The second kappa shape index (κ2) is 8.31. The van der Waals surface area contributed by atoms with Crippen LogP contribution in [0.15, 0.2) is 48.5 Å². The summed E-state index contributed by atoms with van der Waals surface area (Å²) in [6, 6.07) is 13.9. The zero-order chi connectivity index (χ0) is 19.4. The number of nitrogens with zero attached hydrogens (tertiary/aromatic N) is 1. The van der Waals surface area contributed by atoms with E-state index in [1.165, 1.54) is 0 Å². The van der Waals surface area contributed by atoms with E-state index in [4.69, 9.17) is 16.3 Å². The van der Waals surface area contributed by atoms with Gasteiger partial charge in [0.1, 0.15) is 5.75 Å². The van der Waals surface area contributed by atoms with Crippen LogP contribution in [0.1, 0.15) is 29.3 Å². The van der Waals surface area contributed by atoms with E-state index in [2.05, 4.69) is 0 Å².